The molecule has 0 radical (unpaired) electrons. The molecule has 0 saturated carbocycles. The molecule has 0 amide bonds. The average molecular weight is 209 g/mol. The van der Waals surface area contributed by atoms with Crippen molar-refractivity contribution in [3.05, 3.63) is 29.7 Å². The number of alkyl halides is 1. The van der Waals surface area contributed by atoms with Gasteiger partial charge >= 0.3 is 5.97 Å². The highest BCUT2D eigenvalue weighted by atomic mass is 19.1. The van der Waals surface area contributed by atoms with Gasteiger partial charge in [0.1, 0.15) is 23.5 Å². The van der Waals surface area contributed by atoms with Gasteiger partial charge in [0.25, 0.3) is 0 Å². The number of esters is 1. The first-order valence-electron chi connectivity index (χ1n) is 4.28. The van der Waals surface area contributed by atoms with Gasteiger partial charge in [0.15, 0.2) is 5.58 Å². The molecule has 5 heteroatoms. The summed E-state index contributed by atoms with van der Waals surface area (Å²) in [7, 11) is 1.27. The van der Waals surface area contributed by atoms with Gasteiger partial charge in [-0.05, 0) is 6.07 Å². The van der Waals surface area contributed by atoms with Crippen molar-refractivity contribution < 1.29 is 18.3 Å². The van der Waals surface area contributed by atoms with Crippen LogP contribution < -0.4 is 0 Å². The first-order chi connectivity index (χ1) is 7.26. The summed E-state index contributed by atoms with van der Waals surface area (Å²) in [4.78, 5) is 15.3. The molecule has 2 heterocycles. The number of rotatable bonds is 2. The smallest absolute Gasteiger partial charge is 0.341 e. The first kappa shape index (κ1) is 9.64. The number of pyridine rings is 1. The Balaban J connectivity index is 2.64. The Bertz CT molecular complexity index is 506. The number of halogens is 1. The summed E-state index contributed by atoms with van der Waals surface area (Å²) in [6, 6.07) is 2.93. The van der Waals surface area contributed by atoms with E-state index in [-0.39, 0.29) is 16.9 Å². The average Bonchev–Trinajstić information content (AvgIpc) is 2.70. The molecule has 0 aliphatic heterocycles. The Morgan fingerprint density at radius 1 is 1.67 bits per heavy atom. The minimum absolute atomic E-state index is 0.147. The third kappa shape index (κ3) is 1.56. The number of fused-ring (bicyclic) bond motifs is 1. The Hall–Kier alpha value is -1.91. The quantitative estimate of drug-likeness (QED) is 0.710. The summed E-state index contributed by atoms with van der Waals surface area (Å²) in [6.45, 7) is -0.725. The number of carbonyl (C=O) groups is 1. The summed E-state index contributed by atoms with van der Waals surface area (Å²) in [5, 5.41) is 0. The topological polar surface area (TPSA) is 52.3 Å². The van der Waals surface area contributed by atoms with Crippen molar-refractivity contribution in [2.45, 2.75) is 6.67 Å². The van der Waals surface area contributed by atoms with E-state index in [9.17, 15) is 9.18 Å². The van der Waals surface area contributed by atoms with Gasteiger partial charge in [-0.3, -0.25) is 4.98 Å². The summed E-state index contributed by atoms with van der Waals surface area (Å²) >= 11 is 0. The molecule has 0 unspecified atom stereocenters. The predicted octanol–water partition coefficient (Wildman–Crippen LogP) is 2.08. The van der Waals surface area contributed by atoms with Crippen molar-refractivity contribution in [3.63, 3.8) is 0 Å². The molecule has 0 aliphatic carbocycles. The maximum Gasteiger partial charge on any atom is 0.341 e. The minimum Gasteiger partial charge on any atom is -0.465 e. The van der Waals surface area contributed by atoms with E-state index in [0.29, 0.717) is 5.52 Å². The third-order valence-corrected chi connectivity index (χ3v) is 2.00. The Morgan fingerprint density at radius 3 is 3.13 bits per heavy atom. The van der Waals surface area contributed by atoms with Gasteiger partial charge in [-0.2, -0.15) is 0 Å². The van der Waals surface area contributed by atoms with Crippen molar-refractivity contribution in [2.75, 3.05) is 7.11 Å². The highest BCUT2D eigenvalue weighted by molar-refractivity contribution is 6.00. The van der Waals surface area contributed by atoms with Gasteiger partial charge < -0.3 is 9.15 Å². The van der Waals surface area contributed by atoms with Gasteiger partial charge in [0, 0.05) is 12.3 Å². The summed E-state index contributed by atoms with van der Waals surface area (Å²) in [6.07, 6.45) is 1.45. The summed E-state index contributed by atoms with van der Waals surface area (Å²) < 4.78 is 22.0. The minimum atomic E-state index is -0.725. The monoisotopic (exact) mass is 209 g/mol. The molecule has 2 aromatic heterocycles. The van der Waals surface area contributed by atoms with Crippen LogP contribution >= 0.6 is 0 Å². The second-order valence-corrected chi connectivity index (χ2v) is 2.91. The van der Waals surface area contributed by atoms with Crippen molar-refractivity contribution in [3.8, 4) is 0 Å². The number of carbonyl (C=O) groups excluding carboxylic acids is 1. The fourth-order valence-corrected chi connectivity index (χ4v) is 1.32. The zero-order chi connectivity index (χ0) is 10.8. The largest absolute Gasteiger partial charge is 0.465 e. The molecule has 2 aromatic rings. The molecule has 0 atom stereocenters. The van der Waals surface area contributed by atoms with E-state index in [0.717, 1.165) is 0 Å². The lowest BCUT2D eigenvalue weighted by Gasteiger charge is -1.98. The molecular formula is C10H8FNO3. The standard InChI is InChI=1S/C10H8FNO3/c1-14-10(13)7-2-3-12-8-4-6(5-11)15-9(7)8/h2-4H,5H2,1H3. The van der Waals surface area contributed by atoms with Crippen LogP contribution in [0, 0.1) is 0 Å². The van der Waals surface area contributed by atoms with Crippen LogP contribution in [0.4, 0.5) is 4.39 Å². The summed E-state index contributed by atoms with van der Waals surface area (Å²) in [5.74, 6) is -0.379. The molecule has 78 valence electrons. The van der Waals surface area contributed by atoms with Crippen LogP contribution in [-0.4, -0.2) is 18.1 Å². The Labute approximate surface area is 84.7 Å². The molecule has 0 saturated heterocycles. The van der Waals surface area contributed by atoms with Crippen LogP contribution in [0.1, 0.15) is 16.1 Å². The number of nitrogens with zero attached hydrogens (tertiary/aromatic N) is 1. The molecule has 0 aromatic carbocycles. The van der Waals surface area contributed by atoms with Gasteiger partial charge in [-0.25, -0.2) is 9.18 Å². The zero-order valence-corrected chi connectivity index (χ0v) is 7.99. The fraction of sp³-hybridized carbons (Fsp3) is 0.200. The normalized spacial score (nSPS) is 10.5. The van der Waals surface area contributed by atoms with E-state index < -0.39 is 12.6 Å². The first-order valence-corrected chi connectivity index (χ1v) is 4.28. The second kappa shape index (κ2) is 3.68. The molecule has 0 fully saturated rings. The number of ether oxygens (including phenoxy) is 1. The molecule has 2 rings (SSSR count). The molecule has 0 aliphatic rings. The number of hydrogen-bond acceptors (Lipinski definition) is 4. The SMILES string of the molecule is COC(=O)c1ccnc2cc(CF)oc12. The maximum absolute atomic E-state index is 12.3. The molecule has 0 N–H and O–H groups in total. The van der Waals surface area contributed by atoms with Crippen LogP contribution in [0.2, 0.25) is 0 Å². The van der Waals surface area contributed by atoms with E-state index in [2.05, 4.69) is 9.72 Å². The van der Waals surface area contributed by atoms with E-state index in [1.165, 1.54) is 25.4 Å². The fourth-order valence-electron chi connectivity index (χ4n) is 1.32. The lowest BCUT2D eigenvalue weighted by molar-refractivity contribution is 0.0601. The zero-order valence-electron chi connectivity index (χ0n) is 7.99. The molecule has 0 bridgehead atoms. The molecule has 0 spiro atoms. The lowest BCUT2D eigenvalue weighted by Crippen LogP contribution is -2.01. The van der Waals surface area contributed by atoms with Gasteiger partial charge in [0.05, 0.1) is 7.11 Å². The highest BCUT2D eigenvalue weighted by Gasteiger charge is 2.15. The van der Waals surface area contributed by atoms with Crippen LogP contribution in [0.5, 0.6) is 0 Å². The van der Waals surface area contributed by atoms with Crippen LogP contribution in [-0.2, 0) is 11.4 Å². The maximum atomic E-state index is 12.3. The van der Waals surface area contributed by atoms with Crippen molar-refractivity contribution >= 4 is 17.1 Å². The summed E-state index contributed by atoms with van der Waals surface area (Å²) in [5.41, 5.74) is 0.963. The van der Waals surface area contributed by atoms with Gasteiger partial charge in [0.2, 0.25) is 0 Å². The van der Waals surface area contributed by atoms with Crippen LogP contribution in [0.25, 0.3) is 11.1 Å². The Kier molecular flexibility index (Phi) is 2.37. The predicted molar refractivity (Wildman–Crippen MR) is 50.2 cm³/mol. The van der Waals surface area contributed by atoms with Gasteiger partial charge in [-0.1, -0.05) is 0 Å². The van der Waals surface area contributed by atoms with E-state index in [1.807, 2.05) is 0 Å². The molecular weight excluding hydrogens is 201 g/mol. The molecule has 4 nitrogen and oxygen atoms in total. The van der Waals surface area contributed by atoms with Crippen LogP contribution in [0.15, 0.2) is 22.7 Å². The van der Waals surface area contributed by atoms with E-state index >= 15 is 0 Å². The second-order valence-electron chi connectivity index (χ2n) is 2.91. The van der Waals surface area contributed by atoms with Crippen LogP contribution in [0.3, 0.4) is 0 Å². The number of hydrogen-bond donors (Lipinski definition) is 0. The van der Waals surface area contributed by atoms with Crippen molar-refractivity contribution in [1.82, 2.24) is 4.98 Å². The number of furan rings is 1. The van der Waals surface area contributed by atoms with E-state index in [1.54, 1.807) is 0 Å². The van der Waals surface area contributed by atoms with Crippen molar-refractivity contribution in [2.24, 2.45) is 0 Å². The lowest BCUT2D eigenvalue weighted by atomic mass is 10.2. The van der Waals surface area contributed by atoms with Gasteiger partial charge in [-0.15, -0.1) is 0 Å². The van der Waals surface area contributed by atoms with E-state index in [4.69, 9.17) is 4.42 Å². The number of aromatic nitrogens is 1. The Morgan fingerprint density at radius 2 is 2.47 bits per heavy atom. The highest BCUT2D eigenvalue weighted by Crippen LogP contribution is 2.22. The number of methoxy groups -OCH3 is 1. The third-order valence-electron chi connectivity index (χ3n) is 2.00. The van der Waals surface area contributed by atoms with Crippen molar-refractivity contribution in [1.29, 1.82) is 0 Å². The molecule has 15 heavy (non-hydrogen) atoms.